The molecule has 4 rings (SSSR count). The molecule has 4 nitrogen and oxygen atoms in total. The minimum absolute atomic E-state index is 0.00986. The van der Waals surface area contributed by atoms with Gasteiger partial charge in [-0.25, -0.2) is 4.98 Å². The highest BCUT2D eigenvalue weighted by Crippen LogP contribution is 2.21. The molecule has 1 fully saturated rings. The Morgan fingerprint density at radius 3 is 2.64 bits per heavy atom. The zero-order valence-electron chi connectivity index (χ0n) is 14.5. The summed E-state index contributed by atoms with van der Waals surface area (Å²) in [5, 5.41) is 3.14. The first-order valence-corrected chi connectivity index (χ1v) is 9.12. The first-order valence-electron chi connectivity index (χ1n) is 9.12. The van der Waals surface area contributed by atoms with Gasteiger partial charge in [0.15, 0.2) is 0 Å². The number of nitrogens with one attached hydrogen (secondary N) is 1. The quantitative estimate of drug-likeness (QED) is 0.775. The van der Waals surface area contributed by atoms with E-state index >= 15 is 0 Å². The molecule has 1 aromatic heterocycles. The number of aromatic nitrogens is 2. The van der Waals surface area contributed by atoms with E-state index in [1.54, 1.807) is 0 Å². The lowest BCUT2D eigenvalue weighted by molar-refractivity contribution is 0.0938. The first-order chi connectivity index (χ1) is 12.2. The minimum atomic E-state index is 0.00986. The molecule has 0 bridgehead atoms. The van der Waals surface area contributed by atoms with Crippen LogP contribution in [0.4, 0.5) is 0 Å². The third kappa shape index (κ3) is 3.16. The van der Waals surface area contributed by atoms with Crippen LogP contribution in [-0.2, 0) is 6.42 Å². The number of benzene rings is 2. The second-order valence-electron chi connectivity index (χ2n) is 6.79. The Labute approximate surface area is 147 Å². The number of nitrogens with zero attached hydrogens (tertiary/aromatic N) is 2. The van der Waals surface area contributed by atoms with Gasteiger partial charge in [0, 0.05) is 17.3 Å². The summed E-state index contributed by atoms with van der Waals surface area (Å²) >= 11 is 0. The maximum Gasteiger partial charge on any atom is 0.251 e. The summed E-state index contributed by atoms with van der Waals surface area (Å²) in [7, 11) is 0. The molecule has 3 aromatic rings. The number of hydrogen-bond donors (Lipinski definition) is 1. The normalized spacial score (nSPS) is 14.9. The molecular formula is C21H23N3O. The summed E-state index contributed by atoms with van der Waals surface area (Å²) in [6, 6.07) is 14.6. The van der Waals surface area contributed by atoms with Crippen molar-refractivity contribution in [3.05, 3.63) is 59.9 Å². The number of hydrogen-bond acceptors (Lipinski definition) is 2. The Morgan fingerprint density at radius 2 is 1.92 bits per heavy atom. The number of fused-ring (bicyclic) bond motifs is 1. The molecule has 2 aromatic carbocycles. The summed E-state index contributed by atoms with van der Waals surface area (Å²) in [6.45, 7) is 2.15. The first kappa shape index (κ1) is 15.9. The van der Waals surface area contributed by atoms with Gasteiger partial charge >= 0.3 is 0 Å². The fraction of sp³-hybridized carbons (Fsp3) is 0.333. The summed E-state index contributed by atoms with van der Waals surface area (Å²) in [4.78, 5) is 16.9. The van der Waals surface area contributed by atoms with Crippen LogP contribution in [0.1, 0.15) is 48.5 Å². The molecule has 1 saturated carbocycles. The molecule has 0 radical (unpaired) electrons. The zero-order valence-corrected chi connectivity index (χ0v) is 14.5. The smallest absolute Gasteiger partial charge is 0.251 e. The van der Waals surface area contributed by atoms with Crippen LogP contribution in [0, 0.1) is 0 Å². The Kier molecular flexibility index (Phi) is 4.26. The van der Waals surface area contributed by atoms with E-state index in [2.05, 4.69) is 46.1 Å². The molecule has 1 heterocycles. The third-order valence-electron chi connectivity index (χ3n) is 5.12. The minimum Gasteiger partial charge on any atom is -0.349 e. The van der Waals surface area contributed by atoms with E-state index in [4.69, 9.17) is 0 Å². The fourth-order valence-corrected chi connectivity index (χ4v) is 3.59. The van der Waals surface area contributed by atoms with Crippen LogP contribution in [0.25, 0.3) is 16.7 Å². The average molecular weight is 333 g/mol. The van der Waals surface area contributed by atoms with Crippen molar-refractivity contribution < 1.29 is 4.79 Å². The third-order valence-corrected chi connectivity index (χ3v) is 5.12. The monoisotopic (exact) mass is 333 g/mol. The van der Waals surface area contributed by atoms with Crippen LogP contribution in [0.5, 0.6) is 0 Å². The Balaban J connectivity index is 1.60. The number of amides is 1. The van der Waals surface area contributed by atoms with Gasteiger partial charge in [0.25, 0.3) is 5.91 Å². The van der Waals surface area contributed by atoms with Gasteiger partial charge in [-0.05, 0) is 55.2 Å². The van der Waals surface area contributed by atoms with Crippen LogP contribution in [0.3, 0.4) is 0 Å². The number of rotatable bonds is 4. The summed E-state index contributed by atoms with van der Waals surface area (Å²) in [5.41, 5.74) is 4.95. The summed E-state index contributed by atoms with van der Waals surface area (Å²) < 4.78 is 2.06. The van der Waals surface area contributed by atoms with E-state index in [0.29, 0.717) is 11.6 Å². The molecule has 1 aliphatic carbocycles. The number of carbonyl (C=O) groups is 1. The lowest BCUT2D eigenvalue weighted by atomic mass is 10.1. The maximum atomic E-state index is 12.4. The van der Waals surface area contributed by atoms with Crippen LogP contribution < -0.4 is 5.32 Å². The lowest BCUT2D eigenvalue weighted by Crippen LogP contribution is -2.32. The number of imidazole rings is 1. The van der Waals surface area contributed by atoms with Gasteiger partial charge < -0.3 is 5.32 Å². The second kappa shape index (κ2) is 6.71. The van der Waals surface area contributed by atoms with Crippen LogP contribution in [0.2, 0.25) is 0 Å². The number of aryl methyl sites for hydroxylation is 1. The van der Waals surface area contributed by atoms with Gasteiger partial charge in [0.1, 0.15) is 6.33 Å². The van der Waals surface area contributed by atoms with Crippen molar-refractivity contribution in [2.24, 2.45) is 0 Å². The fourth-order valence-electron chi connectivity index (χ4n) is 3.59. The average Bonchev–Trinajstić information content (AvgIpc) is 3.30. The van der Waals surface area contributed by atoms with Crippen LogP contribution >= 0.6 is 0 Å². The highest BCUT2D eigenvalue weighted by atomic mass is 16.1. The summed E-state index contributed by atoms with van der Waals surface area (Å²) in [6.07, 6.45) is 7.47. The molecule has 0 atom stereocenters. The zero-order chi connectivity index (χ0) is 17.2. The lowest BCUT2D eigenvalue weighted by Gasteiger charge is -2.12. The molecule has 1 amide bonds. The van der Waals surface area contributed by atoms with E-state index in [1.165, 1.54) is 18.4 Å². The maximum absolute atomic E-state index is 12.4. The van der Waals surface area contributed by atoms with Crippen molar-refractivity contribution in [1.29, 1.82) is 0 Å². The van der Waals surface area contributed by atoms with Crippen LogP contribution in [-0.4, -0.2) is 21.5 Å². The standard InChI is InChI=1S/C21H23N3O/c1-2-15-7-10-18(11-8-15)24-14-22-19-13-16(9-12-20(19)24)21(25)23-17-5-3-4-6-17/h7-14,17H,2-6H2,1H3,(H,23,25). The van der Waals surface area contributed by atoms with E-state index in [0.717, 1.165) is 36.0 Å². The van der Waals surface area contributed by atoms with Crippen molar-refractivity contribution in [2.75, 3.05) is 0 Å². The second-order valence-corrected chi connectivity index (χ2v) is 6.79. The predicted octanol–water partition coefficient (Wildman–Crippen LogP) is 4.26. The Hall–Kier alpha value is -2.62. The Bertz CT molecular complexity index is 889. The molecule has 0 aliphatic heterocycles. The van der Waals surface area contributed by atoms with E-state index < -0.39 is 0 Å². The summed E-state index contributed by atoms with van der Waals surface area (Å²) in [5.74, 6) is 0.00986. The molecule has 0 spiro atoms. The van der Waals surface area contributed by atoms with Gasteiger partial charge in [-0.3, -0.25) is 9.36 Å². The van der Waals surface area contributed by atoms with E-state index in [9.17, 15) is 4.79 Å². The van der Waals surface area contributed by atoms with Gasteiger partial charge in [-0.2, -0.15) is 0 Å². The van der Waals surface area contributed by atoms with Crippen molar-refractivity contribution in [3.63, 3.8) is 0 Å². The topological polar surface area (TPSA) is 46.9 Å². The van der Waals surface area contributed by atoms with Crippen molar-refractivity contribution in [3.8, 4) is 5.69 Å². The molecule has 1 aliphatic rings. The molecule has 4 heteroatoms. The highest BCUT2D eigenvalue weighted by Gasteiger charge is 2.18. The molecule has 0 unspecified atom stereocenters. The highest BCUT2D eigenvalue weighted by molar-refractivity contribution is 5.97. The SMILES string of the molecule is CCc1ccc(-n2cnc3cc(C(=O)NC4CCCC4)ccc32)cc1. The largest absolute Gasteiger partial charge is 0.349 e. The van der Waals surface area contributed by atoms with Crippen molar-refractivity contribution in [1.82, 2.24) is 14.9 Å². The van der Waals surface area contributed by atoms with Gasteiger partial charge in [-0.1, -0.05) is 31.9 Å². The molecule has 1 N–H and O–H groups in total. The van der Waals surface area contributed by atoms with E-state index in [1.807, 2.05) is 24.5 Å². The predicted molar refractivity (Wildman–Crippen MR) is 100 cm³/mol. The van der Waals surface area contributed by atoms with Crippen LogP contribution in [0.15, 0.2) is 48.8 Å². The van der Waals surface area contributed by atoms with Crippen molar-refractivity contribution >= 4 is 16.9 Å². The Morgan fingerprint density at radius 1 is 1.16 bits per heavy atom. The molecule has 25 heavy (non-hydrogen) atoms. The molecule has 128 valence electrons. The molecular weight excluding hydrogens is 310 g/mol. The van der Waals surface area contributed by atoms with Gasteiger partial charge in [0.2, 0.25) is 0 Å². The van der Waals surface area contributed by atoms with Gasteiger partial charge in [0.05, 0.1) is 11.0 Å². The van der Waals surface area contributed by atoms with Gasteiger partial charge in [-0.15, -0.1) is 0 Å². The molecule has 0 saturated heterocycles. The van der Waals surface area contributed by atoms with E-state index in [-0.39, 0.29) is 5.91 Å². The van der Waals surface area contributed by atoms with Crippen molar-refractivity contribution in [2.45, 2.75) is 45.1 Å². The number of carbonyl (C=O) groups excluding carboxylic acids is 1.